The van der Waals surface area contributed by atoms with Gasteiger partial charge in [0, 0.05) is 37.2 Å². The fourth-order valence-electron chi connectivity index (χ4n) is 3.89. The van der Waals surface area contributed by atoms with Gasteiger partial charge in [-0.3, -0.25) is 4.79 Å². The second-order valence-corrected chi connectivity index (χ2v) is 8.21. The maximum atomic E-state index is 12.9. The fourth-order valence-corrected chi connectivity index (χ4v) is 3.89. The van der Waals surface area contributed by atoms with Crippen molar-refractivity contribution < 1.29 is 9.21 Å². The number of aryl methyl sites for hydroxylation is 3. The average Bonchev–Trinajstić information content (AvgIpc) is 3.31. The highest BCUT2D eigenvalue weighted by molar-refractivity contribution is 5.76. The lowest BCUT2D eigenvalue weighted by atomic mass is 10.1. The van der Waals surface area contributed by atoms with Crippen LogP contribution in [0.2, 0.25) is 0 Å². The lowest BCUT2D eigenvalue weighted by Crippen LogP contribution is -2.36. The Balaban J connectivity index is 1.40. The standard InChI is InChI=1S/C21H28N6O2/c1-13(2)5-7-19-25-17-11-26(10-9-18(17)29-19)20(28)8-6-16-14(3)24-21-22-12-23-27(21)15(16)4/h12-13H,5-11H2,1-4H3. The summed E-state index contributed by atoms with van der Waals surface area (Å²) in [6.07, 6.45) is 5.24. The minimum atomic E-state index is 0.139. The lowest BCUT2D eigenvalue weighted by Gasteiger charge is -2.25. The van der Waals surface area contributed by atoms with Gasteiger partial charge in [-0.2, -0.15) is 10.1 Å². The number of hydrogen-bond acceptors (Lipinski definition) is 6. The van der Waals surface area contributed by atoms with E-state index in [-0.39, 0.29) is 5.91 Å². The maximum absolute atomic E-state index is 12.9. The van der Waals surface area contributed by atoms with Gasteiger partial charge in [-0.15, -0.1) is 0 Å². The van der Waals surface area contributed by atoms with Gasteiger partial charge in [0.05, 0.1) is 6.54 Å². The third-order valence-electron chi connectivity index (χ3n) is 5.64. The number of fused-ring (bicyclic) bond motifs is 2. The van der Waals surface area contributed by atoms with E-state index in [2.05, 4.69) is 33.9 Å². The summed E-state index contributed by atoms with van der Waals surface area (Å²) in [5.41, 5.74) is 3.88. The van der Waals surface area contributed by atoms with Gasteiger partial charge in [0.1, 0.15) is 17.8 Å². The zero-order valence-electron chi connectivity index (χ0n) is 17.6. The quantitative estimate of drug-likeness (QED) is 0.636. The van der Waals surface area contributed by atoms with Gasteiger partial charge in [-0.05, 0) is 38.2 Å². The van der Waals surface area contributed by atoms with E-state index >= 15 is 0 Å². The molecule has 8 nitrogen and oxygen atoms in total. The first-order valence-electron chi connectivity index (χ1n) is 10.3. The van der Waals surface area contributed by atoms with Crippen LogP contribution in [0.25, 0.3) is 5.78 Å². The number of nitrogens with zero attached hydrogens (tertiary/aromatic N) is 6. The molecule has 29 heavy (non-hydrogen) atoms. The topological polar surface area (TPSA) is 89.4 Å². The molecule has 0 saturated heterocycles. The monoisotopic (exact) mass is 396 g/mol. The summed E-state index contributed by atoms with van der Waals surface area (Å²) < 4.78 is 7.64. The molecular formula is C21H28N6O2. The Morgan fingerprint density at radius 2 is 2.07 bits per heavy atom. The molecule has 0 spiro atoms. The second kappa shape index (κ2) is 7.93. The van der Waals surface area contributed by atoms with Crippen LogP contribution in [0, 0.1) is 19.8 Å². The van der Waals surface area contributed by atoms with Gasteiger partial charge in [0.15, 0.2) is 5.89 Å². The van der Waals surface area contributed by atoms with Crippen molar-refractivity contribution in [2.24, 2.45) is 5.92 Å². The lowest BCUT2D eigenvalue weighted by molar-refractivity contribution is -0.132. The Kier molecular flexibility index (Phi) is 5.34. The number of hydrogen-bond donors (Lipinski definition) is 0. The molecule has 0 N–H and O–H groups in total. The van der Waals surface area contributed by atoms with Crippen LogP contribution in [0.4, 0.5) is 0 Å². The molecule has 0 unspecified atom stereocenters. The van der Waals surface area contributed by atoms with Gasteiger partial charge in [0.2, 0.25) is 5.91 Å². The van der Waals surface area contributed by atoms with Crippen LogP contribution in [0.5, 0.6) is 0 Å². The Hall–Kier alpha value is -2.77. The van der Waals surface area contributed by atoms with Gasteiger partial charge in [-0.1, -0.05) is 13.8 Å². The van der Waals surface area contributed by atoms with Crippen molar-refractivity contribution in [1.82, 2.24) is 29.5 Å². The zero-order valence-corrected chi connectivity index (χ0v) is 17.6. The summed E-state index contributed by atoms with van der Waals surface area (Å²) in [6, 6.07) is 0. The second-order valence-electron chi connectivity index (χ2n) is 8.21. The molecule has 4 rings (SSSR count). The predicted molar refractivity (Wildman–Crippen MR) is 107 cm³/mol. The fraction of sp³-hybridized carbons (Fsp3) is 0.571. The van der Waals surface area contributed by atoms with Crippen molar-refractivity contribution in [3.05, 3.63) is 40.6 Å². The Morgan fingerprint density at radius 3 is 2.86 bits per heavy atom. The van der Waals surface area contributed by atoms with Crippen molar-refractivity contribution in [2.45, 2.75) is 66.3 Å². The molecule has 0 saturated carbocycles. The van der Waals surface area contributed by atoms with E-state index in [0.717, 1.165) is 53.6 Å². The third-order valence-corrected chi connectivity index (χ3v) is 5.64. The average molecular weight is 396 g/mol. The van der Waals surface area contributed by atoms with Crippen molar-refractivity contribution in [1.29, 1.82) is 0 Å². The molecule has 1 aliphatic rings. The first-order valence-corrected chi connectivity index (χ1v) is 10.3. The van der Waals surface area contributed by atoms with Crippen LogP contribution < -0.4 is 0 Å². The molecule has 8 heteroatoms. The Morgan fingerprint density at radius 1 is 1.24 bits per heavy atom. The molecule has 0 bridgehead atoms. The van der Waals surface area contributed by atoms with Crippen molar-refractivity contribution in [2.75, 3.05) is 6.54 Å². The molecule has 0 fully saturated rings. The molecule has 1 amide bonds. The minimum absolute atomic E-state index is 0.139. The van der Waals surface area contributed by atoms with Gasteiger partial charge < -0.3 is 9.32 Å². The number of oxazole rings is 1. The summed E-state index contributed by atoms with van der Waals surface area (Å²) in [6.45, 7) is 9.58. The number of rotatable bonds is 6. The minimum Gasteiger partial charge on any atom is -0.445 e. The van der Waals surface area contributed by atoms with Gasteiger partial charge in [0.25, 0.3) is 5.78 Å². The molecule has 4 heterocycles. The SMILES string of the molecule is Cc1nc2ncnn2c(C)c1CCC(=O)N1CCc2oc(CCC(C)C)nc2C1. The maximum Gasteiger partial charge on any atom is 0.252 e. The molecular weight excluding hydrogens is 368 g/mol. The van der Waals surface area contributed by atoms with Gasteiger partial charge in [-0.25, -0.2) is 14.5 Å². The van der Waals surface area contributed by atoms with E-state index < -0.39 is 0 Å². The highest BCUT2D eigenvalue weighted by Crippen LogP contribution is 2.23. The predicted octanol–water partition coefficient (Wildman–Crippen LogP) is 2.84. The van der Waals surface area contributed by atoms with E-state index in [9.17, 15) is 4.79 Å². The van der Waals surface area contributed by atoms with Crippen molar-refractivity contribution in [3.8, 4) is 0 Å². The molecule has 154 valence electrons. The first-order chi connectivity index (χ1) is 13.9. The van der Waals surface area contributed by atoms with E-state index in [1.165, 1.54) is 6.33 Å². The van der Waals surface area contributed by atoms with Crippen LogP contribution in [0.1, 0.15) is 61.0 Å². The molecule has 0 radical (unpaired) electrons. The zero-order chi connectivity index (χ0) is 20.5. The number of aromatic nitrogens is 5. The highest BCUT2D eigenvalue weighted by atomic mass is 16.4. The summed E-state index contributed by atoms with van der Waals surface area (Å²) in [5.74, 6) is 3.10. The number of amides is 1. The van der Waals surface area contributed by atoms with E-state index in [0.29, 0.717) is 37.6 Å². The van der Waals surface area contributed by atoms with Crippen LogP contribution in [-0.2, 0) is 30.6 Å². The molecule has 0 aliphatic carbocycles. The molecule has 1 aliphatic heterocycles. The Labute approximate surface area is 170 Å². The summed E-state index contributed by atoms with van der Waals surface area (Å²) in [7, 11) is 0. The van der Waals surface area contributed by atoms with E-state index in [1.807, 2.05) is 18.7 Å². The smallest absolute Gasteiger partial charge is 0.252 e. The number of carbonyl (C=O) groups is 1. The van der Waals surface area contributed by atoms with Crippen LogP contribution >= 0.6 is 0 Å². The molecule has 0 aromatic carbocycles. The largest absolute Gasteiger partial charge is 0.445 e. The van der Waals surface area contributed by atoms with Crippen molar-refractivity contribution >= 4 is 11.7 Å². The summed E-state index contributed by atoms with van der Waals surface area (Å²) in [4.78, 5) is 28.0. The molecule has 3 aromatic heterocycles. The summed E-state index contributed by atoms with van der Waals surface area (Å²) >= 11 is 0. The highest BCUT2D eigenvalue weighted by Gasteiger charge is 2.25. The van der Waals surface area contributed by atoms with Crippen LogP contribution in [0.15, 0.2) is 10.7 Å². The summed E-state index contributed by atoms with van der Waals surface area (Å²) in [5, 5.41) is 4.22. The Bertz CT molecular complexity index is 1040. The third kappa shape index (κ3) is 4.02. The first kappa shape index (κ1) is 19.5. The molecule has 0 atom stereocenters. The van der Waals surface area contributed by atoms with Crippen molar-refractivity contribution in [3.63, 3.8) is 0 Å². The number of carbonyl (C=O) groups excluding carboxylic acids is 1. The van der Waals surface area contributed by atoms with E-state index in [1.54, 1.807) is 4.52 Å². The van der Waals surface area contributed by atoms with E-state index in [4.69, 9.17) is 4.42 Å². The normalized spacial score (nSPS) is 14.0. The van der Waals surface area contributed by atoms with Gasteiger partial charge >= 0.3 is 0 Å². The van der Waals surface area contributed by atoms with Crippen LogP contribution in [0.3, 0.4) is 0 Å². The molecule has 3 aromatic rings. The van der Waals surface area contributed by atoms with Crippen LogP contribution in [-0.4, -0.2) is 41.9 Å².